The Morgan fingerprint density at radius 3 is 1.88 bits per heavy atom. The topological polar surface area (TPSA) is 13.1 Å². The molecular weight excluding hydrogens is 793 g/mol. The fourth-order valence-electron chi connectivity index (χ4n) is 10.9. The molecule has 10 aromatic carbocycles. The average Bonchev–Trinajstić information content (AvgIpc) is 4.02. The van der Waals surface area contributed by atoms with E-state index in [1.807, 2.05) is 11.3 Å². The summed E-state index contributed by atoms with van der Waals surface area (Å²) in [5, 5.41) is 7.45. The van der Waals surface area contributed by atoms with E-state index >= 15 is 0 Å². The largest absolute Gasteiger partial charge is 0.456 e. The molecule has 1 nitrogen and oxygen atoms in total. The summed E-state index contributed by atoms with van der Waals surface area (Å²) in [7, 11) is 0. The first kappa shape index (κ1) is 36.8. The van der Waals surface area contributed by atoms with Gasteiger partial charge in [-0.05, 0) is 126 Å². The molecule has 0 amide bonds. The Kier molecular flexibility index (Phi) is 8.44. The summed E-state index contributed by atoms with van der Waals surface area (Å²) >= 11 is 1.87. The molecule has 300 valence electrons. The number of hydrogen-bond acceptors (Lipinski definition) is 2. The van der Waals surface area contributed by atoms with Gasteiger partial charge < -0.3 is 4.42 Å². The molecule has 0 N–H and O–H groups in total. The Morgan fingerprint density at radius 2 is 1.09 bits per heavy atom. The smallest absolute Gasteiger partial charge is 0.136 e. The number of fused-ring (bicyclic) bond motifs is 11. The van der Waals surface area contributed by atoms with Crippen LogP contribution < -0.4 is 0 Å². The van der Waals surface area contributed by atoms with E-state index in [-0.39, 0.29) is 0 Å². The zero-order valence-corrected chi connectivity index (χ0v) is 35.8. The maximum atomic E-state index is 6.45. The number of benzene rings is 10. The third kappa shape index (κ3) is 5.63. The minimum absolute atomic E-state index is 0.602. The standard InChI is InChI=1S/C62H40OS/c1-4-17-40(18-5-1)35-43(46-27-16-29-57-61(46)51-26-12-14-28-56(51)63-57)36-41-31-33-50-54(37-41)62(44-19-6-2-7-20-44,45-21-8-3-9-22-45)55-39-52(47-23-10-11-25-49(47)60(50)55)42-32-34-59-53(38-42)48-24-13-15-30-58(48)64-59/h1-34,36-39H,35H2/b43-36-. The van der Waals surface area contributed by atoms with Crippen molar-refractivity contribution in [1.82, 2.24) is 0 Å². The number of allylic oxidation sites excluding steroid dienone is 1. The third-order valence-corrected chi connectivity index (χ3v) is 14.7. The van der Waals surface area contributed by atoms with Crippen LogP contribution in [0.2, 0.25) is 0 Å². The average molecular weight is 833 g/mol. The number of rotatable bonds is 7. The van der Waals surface area contributed by atoms with Crippen LogP contribution in [0.25, 0.3) is 86.8 Å². The van der Waals surface area contributed by atoms with Gasteiger partial charge in [0, 0.05) is 30.9 Å². The van der Waals surface area contributed by atoms with E-state index < -0.39 is 5.41 Å². The van der Waals surface area contributed by atoms with Crippen LogP contribution >= 0.6 is 11.3 Å². The number of hydrogen-bond donors (Lipinski definition) is 0. The van der Waals surface area contributed by atoms with Crippen LogP contribution in [-0.4, -0.2) is 0 Å². The highest BCUT2D eigenvalue weighted by Crippen LogP contribution is 2.59. The summed E-state index contributed by atoms with van der Waals surface area (Å²) in [6, 6.07) is 82.9. The van der Waals surface area contributed by atoms with Crippen LogP contribution in [0.1, 0.15) is 38.9 Å². The molecule has 2 heterocycles. The number of thiophene rings is 1. The second-order valence-electron chi connectivity index (χ2n) is 17.1. The first-order valence-corrected chi connectivity index (χ1v) is 22.9. The highest BCUT2D eigenvalue weighted by Gasteiger charge is 2.47. The van der Waals surface area contributed by atoms with Crippen molar-refractivity contribution in [1.29, 1.82) is 0 Å². The molecule has 0 unspecified atom stereocenters. The number of furan rings is 1. The molecular formula is C62H40OS. The molecule has 0 spiro atoms. The van der Waals surface area contributed by atoms with E-state index in [2.05, 4.69) is 231 Å². The minimum Gasteiger partial charge on any atom is -0.456 e. The molecule has 12 aromatic rings. The quantitative estimate of drug-likeness (QED) is 0.146. The Morgan fingerprint density at radius 1 is 0.453 bits per heavy atom. The molecule has 0 aliphatic heterocycles. The van der Waals surface area contributed by atoms with Crippen LogP contribution in [0, 0.1) is 0 Å². The van der Waals surface area contributed by atoms with Crippen molar-refractivity contribution in [2.45, 2.75) is 11.8 Å². The highest BCUT2D eigenvalue weighted by atomic mass is 32.1. The lowest BCUT2D eigenvalue weighted by Gasteiger charge is -2.34. The summed E-state index contributed by atoms with van der Waals surface area (Å²) < 4.78 is 9.09. The summed E-state index contributed by atoms with van der Waals surface area (Å²) in [6.07, 6.45) is 3.20. The molecule has 0 fully saturated rings. The SMILES string of the molecule is C(=C(\Cc1ccccc1)c1cccc2oc3ccccc3c12)/c1ccc2c(c1)C(c1ccccc1)(c1ccccc1)c1cc(-c3ccc4sc5ccccc5c4c3)c3ccccc3c1-2. The van der Waals surface area contributed by atoms with E-state index in [0.29, 0.717) is 0 Å². The van der Waals surface area contributed by atoms with Gasteiger partial charge in [-0.1, -0.05) is 188 Å². The first-order chi connectivity index (χ1) is 31.7. The zero-order chi connectivity index (χ0) is 42.2. The van der Waals surface area contributed by atoms with Crippen molar-refractivity contribution in [3.05, 3.63) is 263 Å². The normalized spacial score (nSPS) is 13.3. The lowest BCUT2D eigenvalue weighted by atomic mass is 9.67. The molecule has 13 rings (SSSR count). The monoisotopic (exact) mass is 832 g/mol. The molecule has 2 aromatic heterocycles. The van der Waals surface area contributed by atoms with E-state index in [4.69, 9.17) is 4.42 Å². The summed E-state index contributed by atoms with van der Waals surface area (Å²) in [5.41, 5.74) is 16.2. The van der Waals surface area contributed by atoms with E-state index in [1.165, 1.54) is 92.2 Å². The molecule has 1 aliphatic carbocycles. The number of para-hydroxylation sites is 1. The minimum atomic E-state index is -0.602. The van der Waals surface area contributed by atoms with Gasteiger partial charge in [-0.25, -0.2) is 0 Å². The van der Waals surface area contributed by atoms with Crippen molar-refractivity contribution in [2.75, 3.05) is 0 Å². The molecule has 0 radical (unpaired) electrons. The Hall–Kier alpha value is -7.78. The molecule has 2 heteroatoms. The van der Waals surface area contributed by atoms with Crippen LogP contribution in [0.5, 0.6) is 0 Å². The van der Waals surface area contributed by atoms with Gasteiger partial charge in [0.15, 0.2) is 0 Å². The van der Waals surface area contributed by atoms with Crippen molar-refractivity contribution >= 4 is 75.9 Å². The maximum Gasteiger partial charge on any atom is 0.136 e. The van der Waals surface area contributed by atoms with E-state index in [0.717, 1.165) is 33.9 Å². The van der Waals surface area contributed by atoms with Crippen LogP contribution in [0.3, 0.4) is 0 Å². The van der Waals surface area contributed by atoms with E-state index in [9.17, 15) is 0 Å². The van der Waals surface area contributed by atoms with Gasteiger partial charge in [0.1, 0.15) is 11.2 Å². The molecule has 0 bridgehead atoms. The van der Waals surface area contributed by atoms with Gasteiger partial charge in [-0.3, -0.25) is 0 Å². The highest BCUT2D eigenvalue weighted by molar-refractivity contribution is 7.25. The van der Waals surface area contributed by atoms with Gasteiger partial charge >= 0.3 is 0 Å². The zero-order valence-electron chi connectivity index (χ0n) is 35.0. The van der Waals surface area contributed by atoms with Crippen molar-refractivity contribution in [3.8, 4) is 22.3 Å². The predicted molar refractivity (Wildman–Crippen MR) is 271 cm³/mol. The lowest BCUT2D eigenvalue weighted by Crippen LogP contribution is -2.28. The fourth-order valence-corrected chi connectivity index (χ4v) is 12.0. The Labute approximate surface area is 375 Å². The van der Waals surface area contributed by atoms with Crippen molar-refractivity contribution in [3.63, 3.8) is 0 Å². The second kappa shape index (κ2) is 14.7. The van der Waals surface area contributed by atoms with Gasteiger partial charge in [0.05, 0.1) is 5.41 Å². The molecule has 0 saturated carbocycles. The second-order valence-corrected chi connectivity index (χ2v) is 18.2. The van der Waals surface area contributed by atoms with E-state index in [1.54, 1.807) is 0 Å². The molecule has 0 saturated heterocycles. The molecule has 1 aliphatic rings. The van der Waals surface area contributed by atoms with Crippen LogP contribution in [-0.2, 0) is 11.8 Å². The summed E-state index contributed by atoms with van der Waals surface area (Å²) in [4.78, 5) is 0. The van der Waals surface area contributed by atoms with Crippen molar-refractivity contribution < 1.29 is 4.42 Å². The Bertz CT molecular complexity index is 3760. The fraction of sp³-hybridized carbons (Fsp3) is 0.0323. The van der Waals surface area contributed by atoms with Gasteiger partial charge in [0.2, 0.25) is 0 Å². The van der Waals surface area contributed by atoms with Crippen molar-refractivity contribution in [2.24, 2.45) is 0 Å². The van der Waals surface area contributed by atoms with Gasteiger partial charge in [-0.2, -0.15) is 0 Å². The third-order valence-electron chi connectivity index (χ3n) is 13.6. The van der Waals surface area contributed by atoms with Crippen LogP contribution in [0.4, 0.5) is 0 Å². The maximum absolute atomic E-state index is 6.45. The summed E-state index contributed by atoms with van der Waals surface area (Å²) in [5.74, 6) is 0. The first-order valence-electron chi connectivity index (χ1n) is 22.1. The Balaban J connectivity index is 1.09. The van der Waals surface area contributed by atoms with Gasteiger partial charge in [-0.15, -0.1) is 11.3 Å². The molecule has 64 heavy (non-hydrogen) atoms. The summed E-state index contributed by atoms with van der Waals surface area (Å²) in [6.45, 7) is 0. The lowest BCUT2D eigenvalue weighted by molar-refractivity contribution is 0.669. The van der Waals surface area contributed by atoms with Gasteiger partial charge in [0.25, 0.3) is 0 Å². The van der Waals surface area contributed by atoms with Crippen LogP contribution in [0.15, 0.2) is 229 Å². The molecule has 0 atom stereocenters. The predicted octanol–water partition coefficient (Wildman–Crippen LogP) is 16.9.